The van der Waals surface area contributed by atoms with Crippen LogP contribution in [0.2, 0.25) is 0 Å². The average Bonchev–Trinajstić information content (AvgIpc) is 2.99. The van der Waals surface area contributed by atoms with Crippen molar-refractivity contribution in [2.45, 2.75) is 64.1 Å². The summed E-state index contributed by atoms with van der Waals surface area (Å²) in [4.78, 5) is 24.4. The van der Waals surface area contributed by atoms with Gasteiger partial charge in [0.15, 0.2) is 0 Å². The summed E-state index contributed by atoms with van der Waals surface area (Å²) in [7, 11) is 0. The topological polar surface area (TPSA) is 70.2 Å². The number of halogens is 1. The van der Waals surface area contributed by atoms with Crippen molar-refractivity contribution < 1.29 is 9.59 Å². The van der Waals surface area contributed by atoms with Crippen molar-refractivity contribution in [3.05, 3.63) is 29.8 Å². The lowest BCUT2D eigenvalue weighted by atomic mass is 9.85. The zero-order valence-corrected chi connectivity index (χ0v) is 15.7. The molecule has 6 heteroatoms. The van der Waals surface area contributed by atoms with Crippen LogP contribution in [0.1, 0.15) is 56.3 Å². The first-order valence-corrected chi connectivity index (χ1v) is 9.01. The summed E-state index contributed by atoms with van der Waals surface area (Å²) >= 11 is 0. The molecule has 3 atom stereocenters. The minimum atomic E-state index is -0.0954. The molecule has 1 aromatic carbocycles. The first kappa shape index (κ1) is 19.7. The molecule has 25 heavy (non-hydrogen) atoms. The molecule has 2 aliphatic rings. The largest absolute Gasteiger partial charge is 0.350 e. The highest BCUT2D eigenvalue weighted by molar-refractivity contribution is 5.97. The molecule has 1 saturated carbocycles. The van der Waals surface area contributed by atoms with Crippen LogP contribution in [-0.4, -0.2) is 29.9 Å². The molecule has 0 bridgehead atoms. The molecule has 3 unspecified atom stereocenters. The van der Waals surface area contributed by atoms with Crippen molar-refractivity contribution in [3.8, 4) is 0 Å². The lowest BCUT2D eigenvalue weighted by Gasteiger charge is -2.24. The molecular weight excluding hydrogens is 338 g/mol. The van der Waals surface area contributed by atoms with E-state index in [0.717, 1.165) is 12.1 Å². The van der Waals surface area contributed by atoms with E-state index in [1.165, 1.54) is 25.7 Å². The normalized spacial score (nSPS) is 25.0. The Labute approximate surface area is 155 Å². The number of carbonyl (C=O) groups excluding carboxylic acids is 2. The Kier molecular flexibility index (Phi) is 6.85. The van der Waals surface area contributed by atoms with Gasteiger partial charge >= 0.3 is 0 Å². The Morgan fingerprint density at radius 2 is 1.80 bits per heavy atom. The van der Waals surface area contributed by atoms with E-state index < -0.39 is 0 Å². The third-order valence-electron chi connectivity index (χ3n) is 5.01. The van der Waals surface area contributed by atoms with Crippen LogP contribution in [-0.2, 0) is 4.79 Å². The molecule has 1 aliphatic heterocycles. The minimum absolute atomic E-state index is 0. The van der Waals surface area contributed by atoms with Gasteiger partial charge in [-0.05, 0) is 63.3 Å². The molecule has 0 aromatic heterocycles. The van der Waals surface area contributed by atoms with Crippen molar-refractivity contribution in [3.63, 3.8) is 0 Å². The van der Waals surface area contributed by atoms with Gasteiger partial charge in [-0.2, -0.15) is 0 Å². The van der Waals surface area contributed by atoms with Crippen LogP contribution < -0.4 is 16.0 Å². The fraction of sp³-hybridized carbons (Fsp3) is 0.579. The van der Waals surface area contributed by atoms with Crippen LogP contribution in [0.4, 0.5) is 5.69 Å². The number of amides is 2. The minimum Gasteiger partial charge on any atom is -0.350 e. The van der Waals surface area contributed by atoms with Crippen LogP contribution in [0.25, 0.3) is 0 Å². The molecule has 1 aromatic rings. The van der Waals surface area contributed by atoms with E-state index in [9.17, 15) is 9.59 Å². The van der Waals surface area contributed by atoms with Crippen molar-refractivity contribution >= 4 is 29.9 Å². The maximum Gasteiger partial charge on any atom is 0.251 e. The molecule has 5 nitrogen and oxygen atoms in total. The van der Waals surface area contributed by atoms with E-state index in [2.05, 4.69) is 16.0 Å². The summed E-state index contributed by atoms with van der Waals surface area (Å²) in [5, 5.41) is 9.31. The maximum absolute atomic E-state index is 12.5. The van der Waals surface area contributed by atoms with E-state index in [0.29, 0.717) is 17.5 Å². The summed E-state index contributed by atoms with van der Waals surface area (Å²) in [5.41, 5.74) is 1.34. The van der Waals surface area contributed by atoms with Gasteiger partial charge in [0.2, 0.25) is 5.91 Å². The molecule has 2 fully saturated rings. The van der Waals surface area contributed by atoms with E-state index in [1.54, 1.807) is 24.3 Å². The van der Waals surface area contributed by atoms with Crippen molar-refractivity contribution in [2.24, 2.45) is 5.92 Å². The van der Waals surface area contributed by atoms with Crippen LogP contribution in [0.5, 0.6) is 0 Å². The standard InChI is InChI=1S/C19H27N3O2.ClH/c1-12(2)20-18(23)13-7-9-15(10-8-13)21-19(24)17-11-14-5-3-4-6-16(14)22-17;/h7-10,12,14,16-17,22H,3-6,11H2,1-2H3,(H,20,23)(H,21,24);1H. The Balaban J connectivity index is 0.00000225. The highest BCUT2D eigenvalue weighted by Crippen LogP contribution is 2.33. The smallest absolute Gasteiger partial charge is 0.251 e. The first-order valence-electron chi connectivity index (χ1n) is 9.01. The van der Waals surface area contributed by atoms with Gasteiger partial charge in [0.25, 0.3) is 5.91 Å². The quantitative estimate of drug-likeness (QED) is 0.767. The van der Waals surface area contributed by atoms with Gasteiger partial charge in [0.1, 0.15) is 0 Å². The van der Waals surface area contributed by atoms with E-state index in [1.807, 2.05) is 13.8 Å². The van der Waals surface area contributed by atoms with Gasteiger partial charge in [-0.1, -0.05) is 12.8 Å². The van der Waals surface area contributed by atoms with Gasteiger partial charge in [0, 0.05) is 23.3 Å². The molecule has 0 spiro atoms. The Morgan fingerprint density at radius 1 is 1.12 bits per heavy atom. The second-order valence-corrected chi connectivity index (χ2v) is 7.30. The highest BCUT2D eigenvalue weighted by atomic mass is 35.5. The van der Waals surface area contributed by atoms with E-state index >= 15 is 0 Å². The number of hydrogen-bond acceptors (Lipinski definition) is 3. The molecule has 3 N–H and O–H groups in total. The second kappa shape index (κ2) is 8.68. The number of hydrogen-bond donors (Lipinski definition) is 3. The highest BCUT2D eigenvalue weighted by Gasteiger charge is 2.38. The van der Waals surface area contributed by atoms with Crippen molar-refractivity contribution in [1.29, 1.82) is 0 Å². The van der Waals surface area contributed by atoms with Crippen LogP contribution in [0, 0.1) is 5.92 Å². The molecule has 1 saturated heterocycles. The van der Waals surface area contributed by atoms with Crippen LogP contribution in [0.15, 0.2) is 24.3 Å². The first-order chi connectivity index (χ1) is 11.5. The molecule has 138 valence electrons. The Bertz CT molecular complexity index is 589. The second-order valence-electron chi connectivity index (χ2n) is 7.30. The van der Waals surface area contributed by atoms with Gasteiger partial charge in [-0.15, -0.1) is 12.4 Å². The van der Waals surface area contributed by atoms with Gasteiger partial charge < -0.3 is 16.0 Å². The molecule has 1 heterocycles. The average molecular weight is 366 g/mol. The third-order valence-corrected chi connectivity index (χ3v) is 5.01. The Morgan fingerprint density at radius 3 is 2.44 bits per heavy atom. The number of carbonyl (C=O) groups is 2. The number of fused-ring (bicyclic) bond motifs is 1. The number of nitrogens with one attached hydrogen (secondary N) is 3. The summed E-state index contributed by atoms with van der Waals surface area (Å²) in [6.45, 7) is 3.86. The molecule has 1 aliphatic carbocycles. The summed E-state index contributed by atoms with van der Waals surface area (Å²) in [6, 6.07) is 7.58. The van der Waals surface area contributed by atoms with Crippen LogP contribution >= 0.6 is 12.4 Å². The zero-order chi connectivity index (χ0) is 17.1. The summed E-state index contributed by atoms with van der Waals surface area (Å²) in [6.07, 6.45) is 5.92. The molecule has 2 amide bonds. The van der Waals surface area contributed by atoms with Crippen molar-refractivity contribution in [2.75, 3.05) is 5.32 Å². The molecule has 0 radical (unpaired) electrons. The number of benzene rings is 1. The SMILES string of the molecule is CC(C)NC(=O)c1ccc(NC(=O)C2CC3CCCCC3N2)cc1.Cl. The van der Waals surface area contributed by atoms with Gasteiger partial charge in [0.05, 0.1) is 6.04 Å². The summed E-state index contributed by atoms with van der Waals surface area (Å²) < 4.78 is 0. The number of anilines is 1. The predicted molar refractivity (Wildman–Crippen MR) is 102 cm³/mol. The van der Waals surface area contributed by atoms with Gasteiger partial charge in [-0.3, -0.25) is 9.59 Å². The fourth-order valence-electron chi connectivity index (χ4n) is 3.80. The Hall–Kier alpha value is -1.59. The van der Waals surface area contributed by atoms with Crippen LogP contribution in [0.3, 0.4) is 0 Å². The van der Waals surface area contributed by atoms with E-state index in [4.69, 9.17) is 0 Å². The molecule has 3 rings (SSSR count). The zero-order valence-electron chi connectivity index (χ0n) is 14.9. The van der Waals surface area contributed by atoms with E-state index in [-0.39, 0.29) is 36.3 Å². The summed E-state index contributed by atoms with van der Waals surface area (Å²) in [5.74, 6) is 0.588. The lowest BCUT2D eigenvalue weighted by Crippen LogP contribution is -2.39. The monoisotopic (exact) mass is 365 g/mol. The fourth-order valence-corrected chi connectivity index (χ4v) is 3.80. The third kappa shape index (κ3) is 4.95. The maximum atomic E-state index is 12.5. The molecular formula is C19H28ClN3O2. The van der Waals surface area contributed by atoms with Gasteiger partial charge in [-0.25, -0.2) is 0 Å². The number of rotatable bonds is 4. The van der Waals surface area contributed by atoms with Crippen molar-refractivity contribution in [1.82, 2.24) is 10.6 Å². The predicted octanol–water partition coefficient (Wildman–Crippen LogP) is 3.11. The lowest BCUT2D eigenvalue weighted by molar-refractivity contribution is -0.117.